The van der Waals surface area contributed by atoms with Crippen LogP contribution in [0.3, 0.4) is 0 Å². The molecule has 0 bridgehead atoms. The van der Waals surface area contributed by atoms with Gasteiger partial charge in [0.15, 0.2) is 0 Å². The fourth-order valence-corrected chi connectivity index (χ4v) is 1.97. The molecule has 1 aromatic heterocycles. The highest BCUT2D eigenvalue weighted by atomic mass is 35.5. The molecule has 1 N–H and O–H groups in total. The molecule has 1 heterocycles. The Balaban J connectivity index is 2.03. The molecule has 0 saturated heterocycles. The largest absolute Gasteiger partial charge is 0.333 e. The van der Waals surface area contributed by atoms with Gasteiger partial charge in [0.05, 0.1) is 12.0 Å². The lowest BCUT2D eigenvalue weighted by Gasteiger charge is -2.06. The van der Waals surface area contributed by atoms with Crippen LogP contribution in [0.2, 0.25) is 5.02 Å². The molecule has 0 saturated carbocycles. The molecule has 0 aliphatic carbocycles. The fourth-order valence-electron chi connectivity index (χ4n) is 1.74. The molecule has 2 rings (SSSR count). The first-order valence-corrected chi connectivity index (χ1v) is 6.60. The summed E-state index contributed by atoms with van der Waals surface area (Å²) in [6, 6.07) is 4.87. The number of nitrogens with one attached hydrogen (secondary N) is 1. The zero-order chi connectivity index (χ0) is 13.8. The second-order valence-corrected chi connectivity index (χ2v) is 5.22. The molecule has 0 amide bonds. The van der Waals surface area contributed by atoms with Crippen LogP contribution >= 0.6 is 11.6 Å². The van der Waals surface area contributed by atoms with Crippen LogP contribution in [0.25, 0.3) is 0 Å². The smallest absolute Gasteiger partial charge is 0.124 e. The van der Waals surface area contributed by atoms with Crippen LogP contribution in [-0.4, -0.2) is 15.6 Å². The van der Waals surface area contributed by atoms with Crippen LogP contribution in [0.5, 0.6) is 0 Å². The number of hydrogen-bond donors (Lipinski definition) is 1. The van der Waals surface area contributed by atoms with E-state index in [0.717, 1.165) is 17.8 Å². The normalized spacial score (nSPS) is 11.2. The van der Waals surface area contributed by atoms with Crippen LogP contribution in [0.15, 0.2) is 30.7 Å². The van der Waals surface area contributed by atoms with E-state index in [0.29, 0.717) is 17.6 Å². The summed E-state index contributed by atoms with van der Waals surface area (Å²) in [5, 5.41) is 3.75. The van der Waals surface area contributed by atoms with Crippen molar-refractivity contribution in [2.75, 3.05) is 0 Å². The molecule has 0 aliphatic heterocycles. The molecule has 2 aromatic rings. The number of hydrogen-bond acceptors (Lipinski definition) is 2. The van der Waals surface area contributed by atoms with Crippen molar-refractivity contribution in [2.24, 2.45) is 0 Å². The van der Waals surface area contributed by atoms with Crippen molar-refractivity contribution in [3.05, 3.63) is 52.8 Å². The van der Waals surface area contributed by atoms with Crippen LogP contribution in [0.4, 0.5) is 4.39 Å². The van der Waals surface area contributed by atoms with Crippen LogP contribution < -0.4 is 5.32 Å². The molecular weight excluding hydrogens is 265 g/mol. The Bertz CT molecular complexity index is 551. The third-order valence-electron chi connectivity index (χ3n) is 2.75. The lowest BCUT2D eigenvalue weighted by atomic mass is 10.2. The number of imidazole rings is 1. The highest BCUT2D eigenvalue weighted by Crippen LogP contribution is 2.18. The van der Waals surface area contributed by atoms with Gasteiger partial charge in [0, 0.05) is 30.4 Å². The van der Waals surface area contributed by atoms with Gasteiger partial charge in [-0.15, -0.1) is 0 Å². The highest BCUT2D eigenvalue weighted by molar-refractivity contribution is 6.31. The van der Waals surface area contributed by atoms with Crippen molar-refractivity contribution in [3.8, 4) is 0 Å². The summed E-state index contributed by atoms with van der Waals surface area (Å²) in [5.41, 5.74) is 1.86. The molecular formula is C14H17ClFN3. The highest BCUT2D eigenvalue weighted by Gasteiger charge is 2.05. The molecule has 0 spiro atoms. The van der Waals surface area contributed by atoms with Crippen molar-refractivity contribution in [1.29, 1.82) is 0 Å². The predicted octanol–water partition coefficient (Wildman–Crippen LogP) is 3.22. The van der Waals surface area contributed by atoms with Crippen molar-refractivity contribution in [3.63, 3.8) is 0 Å². The van der Waals surface area contributed by atoms with Gasteiger partial charge < -0.3 is 9.88 Å². The Labute approximate surface area is 117 Å². The molecule has 102 valence electrons. The number of nitrogens with zero attached hydrogens (tertiary/aromatic N) is 2. The van der Waals surface area contributed by atoms with Crippen LogP contribution in [0.1, 0.15) is 25.1 Å². The Hall–Kier alpha value is -1.39. The summed E-state index contributed by atoms with van der Waals surface area (Å²) in [6.07, 6.45) is 3.73. The molecule has 0 fully saturated rings. The van der Waals surface area contributed by atoms with Crippen LogP contribution in [0, 0.1) is 5.82 Å². The van der Waals surface area contributed by atoms with E-state index < -0.39 is 0 Å². The van der Waals surface area contributed by atoms with E-state index >= 15 is 0 Å². The van der Waals surface area contributed by atoms with E-state index in [1.165, 1.54) is 12.1 Å². The Morgan fingerprint density at radius 3 is 2.89 bits per heavy atom. The minimum absolute atomic E-state index is 0.318. The van der Waals surface area contributed by atoms with Gasteiger partial charge in [-0.25, -0.2) is 9.37 Å². The van der Waals surface area contributed by atoms with Crippen molar-refractivity contribution >= 4 is 11.6 Å². The zero-order valence-corrected chi connectivity index (χ0v) is 11.8. The van der Waals surface area contributed by atoms with Gasteiger partial charge in [0.2, 0.25) is 0 Å². The topological polar surface area (TPSA) is 29.9 Å². The Kier molecular flexibility index (Phi) is 4.56. The first-order valence-electron chi connectivity index (χ1n) is 6.22. The first kappa shape index (κ1) is 14.0. The Morgan fingerprint density at radius 2 is 2.21 bits per heavy atom. The van der Waals surface area contributed by atoms with Gasteiger partial charge in [0.1, 0.15) is 5.82 Å². The Morgan fingerprint density at radius 1 is 1.42 bits per heavy atom. The maximum Gasteiger partial charge on any atom is 0.124 e. The van der Waals surface area contributed by atoms with Gasteiger partial charge in [-0.1, -0.05) is 31.5 Å². The maximum absolute atomic E-state index is 13.0. The standard InChI is InChI=1S/C14H17ClFN3/c1-10(2)17-6-13-8-19(9-18-13)7-11-3-4-12(16)5-14(11)15/h3-5,8-10,17H,6-7H2,1-2H3. The van der Waals surface area contributed by atoms with E-state index in [2.05, 4.69) is 24.1 Å². The summed E-state index contributed by atoms with van der Waals surface area (Å²) in [4.78, 5) is 4.31. The van der Waals surface area contributed by atoms with E-state index in [9.17, 15) is 4.39 Å². The molecule has 0 unspecified atom stereocenters. The number of halogens is 2. The molecule has 3 nitrogen and oxygen atoms in total. The lowest BCUT2D eigenvalue weighted by molar-refractivity contribution is 0.582. The van der Waals surface area contributed by atoms with E-state index in [1.54, 1.807) is 12.4 Å². The fraction of sp³-hybridized carbons (Fsp3) is 0.357. The average Bonchev–Trinajstić information content (AvgIpc) is 2.78. The van der Waals surface area contributed by atoms with Crippen LogP contribution in [-0.2, 0) is 13.1 Å². The molecule has 0 aliphatic rings. The van der Waals surface area contributed by atoms with Crippen molar-refractivity contribution in [1.82, 2.24) is 14.9 Å². The second kappa shape index (κ2) is 6.17. The minimum atomic E-state index is -0.318. The van der Waals surface area contributed by atoms with Gasteiger partial charge >= 0.3 is 0 Å². The lowest BCUT2D eigenvalue weighted by Crippen LogP contribution is -2.21. The van der Waals surface area contributed by atoms with E-state index in [-0.39, 0.29) is 5.82 Å². The van der Waals surface area contributed by atoms with Gasteiger partial charge in [-0.2, -0.15) is 0 Å². The molecule has 5 heteroatoms. The van der Waals surface area contributed by atoms with E-state index in [4.69, 9.17) is 11.6 Å². The minimum Gasteiger partial charge on any atom is -0.333 e. The second-order valence-electron chi connectivity index (χ2n) is 4.81. The first-order chi connectivity index (χ1) is 9.04. The van der Waals surface area contributed by atoms with Crippen molar-refractivity contribution in [2.45, 2.75) is 33.0 Å². The number of benzene rings is 1. The third kappa shape index (κ3) is 4.04. The monoisotopic (exact) mass is 281 g/mol. The summed E-state index contributed by atoms with van der Waals surface area (Å²) in [5.74, 6) is -0.318. The maximum atomic E-state index is 13.0. The molecule has 0 radical (unpaired) electrons. The molecule has 1 aromatic carbocycles. The van der Waals surface area contributed by atoms with Gasteiger partial charge in [-0.05, 0) is 17.7 Å². The summed E-state index contributed by atoms with van der Waals surface area (Å²) < 4.78 is 14.9. The van der Waals surface area contributed by atoms with E-state index in [1.807, 2.05) is 10.8 Å². The number of rotatable bonds is 5. The zero-order valence-electron chi connectivity index (χ0n) is 11.0. The summed E-state index contributed by atoms with van der Waals surface area (Å²) in [6.45, 7) is 5.51. The summed E-state index contributed by atoms with van der Waals surface area (Å²) in [7, 11) is 0. The van der Waals surface area contributed by atoms with Gasteiger partial charge in [-0.3, -0.25) is 0 Å². The molecule has 19 heavy (non-hydrogen) atoms. The quantitative estimate of drug-likeness (QED) is 0.912. The van der Waals surface area contributed by atoms with Gasteiger partial charge in [0.25, 0.3) is 0 Å². The summed E-state index contributed by atoms with van der Waals surface area (Å²) >= 11 is 6.00. The third-order valence-corrected chi connectivity index (χ3v) is 3.10. The average molecular weight is 282 g/mol. The number of aromatic nitrogens is 2. The SMILES string of the molecule is CC(C)NCc1cn(Cc2ccc(F)cc2Cl)cn1. The predicted molar refractivity (Wildman–Crippen MR) is 74.7 cm³/mol. The van der Waals surface area contributed by atoms with Crippen molar-refractivity contribution < 1.29 is 4.39 Å². The molecule has 0 atom stereocenters.